The van der Waals surface area contributed by atoms with Crippen molar-refractivity contribution in [2.45, 2.75) is 26.8 Å². The van der Waals surface area contributed by atoms with E-state index in [0.29, 0.717) is 11.3 Å². The Labute approximate surface area is 81.9 Å². The van der Waals surface area contributed by atoms with Gasteiger partial charge in [-0.1, -0.05) is 0 Å². The van der Waals surface area contributed by atoms with Crippen molar-refractivity contribution >= 4 is 11.7 Å². The first-order valence-electron chi connectivity index (χ1n) is 4.33. The van der Waals surface area contributed by atoms with Gasteiger partial charge in [0.1, 0.15) is 0 Å². The van der Waals surface area contributed by atoms with E-state index in [1.165, 1.54) is 13.1 Å². The molecule has 0 aliphatic carbocycles. The first kappa shape index (κ1) is 10.4. The summed E-state index contributed by atoms with van der Waals surface area (Å²) in [6.45, 7) is 4.84. The highest BCUT2D eigenvalue weighted by molar-refractivity contribution is 5.97. The summed E-state index contributed by atoms with van der Waals surface area (Å²) in [4.78, 5) is 22.4. The topological polar surface area (TPSA) is 74.8 Å². The summed E-state index contributed by atoms with van der Waals surface area (Å²) in [7, 11) is 0. The van der Waals surface area contributed by atoms with E-state index in [2.05, 4.69) is 15.5 Å². The van der Waals surface area contributed by atoms with Crippen LogP contribution in [0.15, 0.2) is 6.20 Å². The number of nitrogens with one attached hydrogen (secondary N) is 2. The fraction of sp³-hybridized carbons (Fsp3) is 0.444. The lowest BCUT2D eigenvalue weighted by molar-refractivity contribution is -0.118. The Morgan fingerprint density at radius 1 is 1.57 bits per heavy atom. The molecule has 0 spiro atoms. The van der Waals surface area contributed by atoms with Gasteiger partial charge in [-0.2, -0.15) is 5.10 Å². The maximum atomic E-state index is 11.5. The second-order valence-electron chi connectivity index (χ2n) is 3.21. The molecule has 5 heteroatoms. The fourth-order valence-corrected chi connectivity index (χ4v) is 0.956. The quantitative estimate of drug-likeness (QED) is 0.734. The number of H-pyrrole nitrogens is 1. The molecule has 0 bridgehead atoms. The van der Waals surface area contributed by atoms with Crippen LogP contribution in [0.3, 0.4) is 0 Å². The van der Waals surface area contributed by atoms with Gasteiger partial charge >= 0.3 is 0 Å². The maximum absolute atomic E-state index is 11.5. The highest BCUT2D eigenvalue weighted by Crippen LogP contribution is 2.02. The molecule has 0 radical (unpaired) electrons. The van der Waals surface area contributed by atoms with Gasteiger partial charge in [0.15, 0.2) is 5.78 Å². The van der Waals surface area contributed by atoms with Gasteiger partial charge in [0.25, 0.3) is 5.91 Å². The predicted molar refractivity (Wildman–Crippen MR) is 50.9 cm³/mol. The van der Waals surface area contributed by atoms with Gasteiger partial charge in [0.05, 0.1) is 17.8 Å². The van der Waals surface area contributed by atoms with Gasteiger partial charge in [0.2, 0.25) is 0 Å². The van der Waals surface area contributed by atoms with Crippen molar-refractivity contribution in [3.63, 3.8) is 0 Å². The number of aromatic amines is 1. The van der Waals surface area contributed by atoms with Crippen LogP contribution in [0.25, 0.3) is 0 Å². The predicted octanol–water partition coefficient (Wildman–Crippen LogP) is 0.425. The Balaban J connectivity index is 2.69. The summed E-state index contributed by atoms with van der Waals surface area (Å²) in [5.74, 6) is -0.349. The van der Waals surface area contributed by atoms with Crippen molar-refractivity contribution in [2.75, 3.05) is 0 Å². The largest absolute Gasteiger partial charge is 0.342 e. The molecule has 1 rings (SSSR count). The minimum absolute atomic E-state index is 0.0699. The third-order valence-electron chi connectivity index (χ3n) is 2.03. The Morgan fingerprint density at radius 2 is 2.21 bits per heavy atom. The molecule has 5 nitrogen and oxygen atoms in total. The molecule has 1 amide bonds. The van der Waals surface area contributed by atoms with Crippen LogP contribution in [-0.4, -0.2) is 27.9 Å². The van der Waals surface area contributed by atoms with Crippen LogP contribution >= 0.6 is 0 Å². The van der Waals surface area contributed by atoms with E-state index < -0.39 is 6.04 Å². The lowest BCUT2D eigenvalue weighted by Gasteiger charge is -2.09. The van der Waals surface area contributed by atoms with E-state index >= 15 is 0 Å². The van der Waals surface area contributed by atoms with E-state index in [4.69, 9.17) is 0 Å². The average molecular weight is 195 g/mol. The molecule has 0 aromatic carbocycles. The number of ketones is 1. The molecule has 14 heavy (non-hydrogen) atoms. The number of amides is 1. The molecule has 0 saturated carbocycles. The zero-order valence-corrected chi connectivity index (χ0v) is 8.42. The molecule has 0 aliphatic heterocycles. The average Bonchev–Trinajstić information content (AvgIpc) is 2.51. The van der Waals surface area contributed by atoms with Gasteiger partial charge in [-0.05, 0) is 20.8 Å². The highest BCUT2D eigenvalue weighted by atomic mass is 16.2. The normalized spacial score (nSPS) is 12.2. The lowest BCUT2D eigenvalue weighted by Crippen LogP contribution is -2.37. The summed E-state index contributed by atoms with van der Waals surface area (Å²) in [5, 5.41) is 8.95. The summed E-state index contributed by atoms with van der Waals surface area (Å²) in [6, 6.07) is -0.461. The van der Waals surface area contributed by atoms with Crippen LogP contribution < -0.4 is 5.32 Å². The zero-order valence-electron chi connectivity index (χ0n) is 8.42. The SMILES string of the molecule is CC(=O)C(C)NC(=O)c1cn[nH]c1C. The number of Topliss-reactive ketones (excluding diaryl/α,β-unsaturated/α-hetero) is 1. The third kappa shape index (κ3) is 2.18. The van der Waals surface area contributed by atoms with Crippen molar-refractivity contribution in [3.05, 3.63) is 17.5 Å². The summed E-state index contributed by atoms with van der Waals surface area (Å²) in [5.41, 5.74) is 1.16. The van der Waals surface area contributed by atoms with Gasteiger partial charge in [0, 0.05) is 5.69 Å². The molecule has 0 fully saturated rings. The molecule has 1 heterocycles. The first-order valence-corrected chi connectivity index (χ1v) is 4.33. The fourth-order valence-electron chi connectivity index (χ4n) is 0.956. The number of carbonyl (C=O) groups is 2. The first-order chi connectivity index (χ1) is 6.52. The van der Waals surface area contributed by atoms with Gasteiger partial charge in [-0.25, -0.2) is 0 Å². The minimum atomic E-state index is -0.461. The van der Waals surface area contributed by atoms with E-state index in [9.17, 15) is 9.59 Å². The number of aromatic nitrogens is 2. The van der Waals surface area contributed by atoms with Crippen LogP contribution in [0.5, 0.6) is 0 Å². The van der Waals surface area contributed by atoms with E-state index in [0.717, 1.165) is 0 Å². The third-order valence-corrected chi connectivity index (χ3v) is 2.03. The van der Waals surface area contributed by atoms with Crippen LogP contribution in [0, 0.1) is 6.92 Å². The van der Waals surface area contributed by atoms with E-state index in [1.54, 1.807) is 13.8 Å². The van der Waals surface area contributed by atoms with Crippen molar-refractivity contribution in [1.29, 1.82) is 0 Å². The molecule has 0 saturated heterocycles. The lowest BCUT2D eigenvalue weighted by atomic mass is 10.2. The summed E-state index contributed by atoms with van der Waals surface area (Å²) >= 11 is 0. The standard InChI is InChI=1S/C9H13N3O2/c1-5(7(3)13)11-9(14)8-4-10-12-6(8)2/h4-5H,1-3H3,(H,10,12)(H,11,14). The van der Waals surface area contributed by atoms with Gasteiger partial charge in [-0.3, -0.25) is 14.7 Å². The van der Waals surface area contributed by atoms with Crippen molar-refractivity contribution in [2.24, 2.45) is 0 Å². The van der Waals surface area contributed by atoms with E-state index in [1.807, 2.05) is 0 Å². The molecular formula is C9H13N3O2. The zero-order chi connectivity index (χ0) is 10.7. The molecule has 1 aromatic rings. The Bertz CT molecular complexity index is 357. The van der Waals surface area contributed by atoms with Gasteiger partial charge in [-0.15, -0.1) is 0 Å². The van der Waals surface area contributed by atoms with Crippen LogP contribution in [0.1, 0.15) is 29.9 Å². The maximum Gasteiger partial charge on any atom is 0.255 e. The van der Waals surface area contributed by atoms with Gasteiger partial charge < -0.3 is 5.32 Å². The van der Waals surface area contributed by atoms with Crippen LogP contribution in [0.2, 0.25) is 0 Å². The molecule has 1 aromatic heterocycles. The van der Waals surface area contributed by atoms with Crippen molar-refractivity contribution < 1.29 is 9.59 Å². The molecule has 1 atom stereocenters. The molecular weight excluding hydrogens is 182 g/mol. The summed E-state index contributed by atoms with van der Waals surface area (Å²) in [6.07, 6.45) is 1.44. The molecule has 2 N–H and O–H groups in total. The Morgan fingerprint density at radius 3 is 2.64 bits per heavy atom. The summed E-state index contributed by atoms with van der Waals surface area (Å²) < 4.78 is 0. The Hall–Kier alpha value is -1.65. The van der Waals surface area contributed by atoms with Crippen molar-refractivity contribution in [3.8, 4) is 0 Å². The Kier molecular flexibility index (Phi) is 3.01. The van der Waals surface area contributed by atoms with Crippen molar-refractivity contribution in [1.82, 2.24) is 15.5 Å². The number of rotatable bonds is 3. The smallest absolute Gasteiger partial charge is 0.255 e. The number of aryl methyl sites for hydroxylation is 1. The van der Waals surface area contributed by atoms with Crippen LogP contribution in [-0.2, 0) is 4.79 Å². The number of hydrogen-bond donors (Lipinski definition) is 2. The minimum Gasteiger partial charge on any atom is -0.342 e. The van der Waals surface area contributed by atoms with E-state index in [-0.39, 0.29) is 11.7 Å². The second kappa shape index (κ2) is 4.04. The van der Waals surface area contributed by atoms with Crippen LogP contribution in [0.4, 0.5) is 0 Å². The molecule has 1 unspecified atom stereocenters. The molecule has 0 aliphatic rings. The number of nitrogens with zero attached hydrogens (tertiary/aromatic N) is 1. The number of carbonyl (C=O) groups excluding carboxylic acids is 2. The molecule has 76 valence electrons. The number of hydrogen-bond acceptors (Lipinski definition) is 3. The second-order valence-corrected chi connectivity index (χ2v) is 3.21. The highest BCUT2D eigenvalue weighted by Gasteiger charge is 2.15. The monoisotopic (exact) mass is 195 g/mol.